The predicted molar refractivity (Wildman–Crippen MR) is 56.5 cm³/mol. The third kappa shape index (κ3) is 2.78. The molecule has 0 atom stereocenters. The molecule has 5 nitrogen and oxygen atoms in total. The van der Waals surface area contributed by atoms with Crippen molar-refractivity contribution in [2.24, 2.45) is 10.7 Å². The van der Waals surface area contributed by atoms with Crippen LogP contribution in [0.4, 0.5) is 4.79 Å². The zero-order chi connectivity index (χ0) is 11.3. The number of nitrogens with two attached hydrogens (primary N) is 1. The summed E-state index contributed by atoms with van der Waals surface area (Å²) in [5.74, 6) is 0.924. The number of benzene rings is 1. The lowest BCUT2D eigenvalue weighted by atomic mass is 10.2. The Morgan fingerprint density at radius 1 is 1.60 bits per heavy atom. The monoisotopic (exact) mass is 208 g/mol. The van der Waals surface area contributed by atoms with Crippen LogP contribution in [0.3, 0.4) is 0 Å². The van der Waals surface area contributed by atoms with Gasteiger partial charge < -0.3 is 15.2 Å². The molecular formula is C10H12N2O3. The van der Waals surface area contributed by atoms with Crippen molar-refractivity contribution in [3.05, 3.63) is 23.8 Å². The van der Waals surface area contributed by atoms with E-state index in [1.807, 2.05) is 0 Å². The number of aliphatic imine (C=N–C) groups is 1. The van der Waals surface area contributed by atoms with Gasteiger partial charge in [-0.2, -0.15) is 4.99 Å². The van der Waals surface area contributed by atoms with E-state index in [9.17, 15) is 4.79 Å². The molecule has 0 bridgehead atoms. The number of methoxy groups -OCH3 is 1. The molecule has 0 aliphatic carbocycles. The Labute approximate surface area is 87.5 Å². The molecule has 1 amide bonds. The number of ether oxygens (including phenoxy) is 2. The molecule has 1 aromatic rings. The van der Waals surface area contributed by atoms with Crippen LogP contribution < -0.4 is 15.2 Å². The Balaban J connectivity index is 2.92. The normalized spacial score (nSPS) is 9.47. The fourth-order valence-electron chi connectivity index (χ4n) is 1.09. The molecule has 0 aromatic heterocycles. The van der Waals surface area contributed by atoms with Gasteiger partial charge in [0.05, 0.1) is 7.11 Å². The molecule has 0 unspecified atom stereocenters. The van der Waals surface area contributed by atoms with Gasteiger partial charge >= 0.3 is 6.09 Å². The number of carbonyl (C=O) groups is 1. The first-order valence-corrected chi connectivity index (χ1v) is 4.26. The van der Waals surface area contributed by atoms with Gasteiger partial charge in [-0.05, 0) is 12.8 Å². The molecule has 15 heavy (non-hydrogen) atoms. The smallest absolute Gasteiger partial charge is 0.438 e. The van der Waals surface area contributed by atoms with Crippen LogP contribution in [0.2, 0.25) is 0 Å². The second-order valence-corrected chi connectivity index (χ2v) is 2.70. The Morgan fingerprint density at radius 3 is 2.87 bits per heavy atom. The molecule has 0 aliphatic rings. The van der Waals surface area contributed by atoms with Crippen LogP contribution in [0.25, 0.3) is 0 Å². The summed E-state index contributed by atoms with van der Waals surface area (Å²) in [6.45, 7) is 3.42. The minimum atomic E-state index is -0.752. The minimum absolute atomic E-state index is 0.349. The van der Waals surface area contributed by atoms with E-state index in [0.29, 0.717) is 18.0 Å². The van der Waals surface area contributed by atoms with Gasteiger partial charge in [0.1, 0.15) is 11.5 Å². The summed E-state index contributed by atoms with van der Waals surface area (Å²) in [6.07, 6.45) is -0.752. The van der Waals surface area contributed by atoms with Crippen LogP contribution in [0.15, 0.2) is 23.2 Å². The Kier molecular flexibility index (Phi) is 3.82. The molecule has 0 heterocycles. The van der Waals surface area contributed by atoms with E-state index in [-0.39, 0.29) is 0 Å². The van der Waals surface area contributed by atoms with Gasteiger partial charge in [-0.25, -0.2) is 4.79 Å². The second kappa shape index (κ2) is 5.11. The molecule has 0 spiro atoms. The molecule has 2 N–H and O–H groups in total. The Morgan fingerprint density at radius 2 is 2.33 bits per heavy atom. The predicted octanol–water partition coefficient (Wildman–Crippen LogP) is 1.35. The van der Waals surface area contributed by atoms with Crippen LogP contribution in [-0.4, -0.2) is 19.9 Å². The maximum atomic E-state index is 10.8. The van der Waals surface area contributed by atoms with Crippen molar-refractivity contribution in [2.75, 3.05) is 7.11 Å². The summed E-state index contributed by atoms with van der Waals surface area (Å²) in [7, 11) is 1.52. The average molecular weight is 208 g/mol. The van der Waals surface area contributed by atoms with Gasteiger partial charge in [0.25, 0.3) is 0 Å². The Hall–Kier alpha value is -1.88. The summed E-state index contributed by atoms with van der Waals surface area (Å²) < 4.78 is 9.89. The van der Waals surface area contributed by atoms with E-state index in [1.165, 1.54) is 7.11 Å². The van der Waals surface area contributed by atoms with Crippen molar-refractivity contribution in [1.82, 2.24) is 0 Å². The highest BCUT2D eigenvalue weighted by molar-refractivity contribution is 5.75. The molecule has 1 rings (SSSR count). The molecule has 5 heteroatoms. The summed E-state index contributed by atoms with van der Waals surface area (Å²) in [5.41, 5.74) is 6.32. The SMILES string of the molecule is C=NC(=O)Oc1ccc(CN)c(OC)c1. The number of hydrogen-bond acceptors (Lipinski definition) is 4. The summed E-state index contributed by atoms with van der Waals surface area (Å²) in [6, 6.07) is 4.92. The van der Waals surface area contributed by atoms with Gasteiger partial charge in [-0.1, -0.05) is 6.07 Å². The fourth-order valence-corrected chi connectivity index (χ4v) is 1.09. The number of carbonyl (C=O) groups excluding carboxylic acids is 1. The topological polar surface area (TPSA) is 73.9 Å². The molecule has 80 valence electrons. The lowest BCUT2D eigenvalue weighted by molar-refractivity contribution is 0.211. The third-order valence-electron chi connectivity index (χ3n) is 1.81. The van der Waals surface area contributed by atoms with Crippen molar-refractivity contribution in [3.63, 3.8) is 0 Å². The summed E-state index contributed by atoms with van der Waals surface area (Å²) in [4.78, 5) is 13.9. The zero-order valence-electron chi connectivity index (χ0n) is 8.40. The molecule has 0 fully saturated rings. The second-order valence-electron chi connectivity index (χ2n) is 2.70. The quantitative estimate of drug-likeness (QED) is 0.761. The highest BCUT2D eigenvalue weighted by atomic mass is 16.5. The van der Waals surface area contributed by atoms with Crippen molar-refractivity contribution in [2.45, 2.75) is 6.54 Å². The molecule has 1 aromatic carbocycles. The summed E-state index contributed by atoms with van der Waals surface area (Å²) in [5, 5.41) is 0. The minimum Gasteiger partial charge on any atom is -0.496 e. The van der Waals surface area contributed by atoms with Crippen LogP contribution >= 0.6 is 0 Å². The number of nitrogens with zero attached hydrogens (tertiary/aromatic N) is 1. The molecule has 0 saturated heterocycles. The van der Waals surface area contributed by atoms with Crippen molar-refractivity contribution >= 4 is 12.8 Å². The van der Waals surface area contributed by atoms with Crippen LogP contribution in [-0.2, 0) is 6.54 Å². The van der Waals surface area contributed by atoms with Crippen LogP contribution in [0, 0.1) is 0 Å². The maximum Gasteiger partial charge on any atom is 0.438 e. The van der Waals surface area contributed by atoms with Gasteiger partial charge in [-0.15, -0.1) is 0 Å². The fraction of sp³-hybridized carbons (Fsp3) is 0.200. The van der Waals surface area contributed by atoms with E-state index in [2.05, 4.69) is 11.7 Å². The molecule has 0 aliphatic heterocycles. The first kappa shape index (κ1) is 11.2. The van der Waals surface area contributed by atoms with E-state index in [0.717, 1.165) is 5.56 Å². The Bertz CT molecular complexity index is 377. The molecule has 0 radical (unpaired) electrons. The molecular weight excluding hydrogens is 196 g/mol. The maximum absolute atomic E-state index is 10.8. The van der Waals surface area contributed by atoms with Crippen molar-refractivity contribution < 1.29 is 14.3 Å². The number of hydrogen-bond donors (Lipinski definition) is 1. The highest BCUT2D eigenvalue weighted by Gasteiger charge is 2.06. The standard InChI is InChI=1S/C10H12N2O3/c1-12-10(13)15-8-4-3-7(6-11)9(5-8)14-2/h3-5H,1,6,11H2,2H3. The van der Waals surface area contributed by atoms with Gasteiger partial charge in [0, 0.05) is 18.2 Å². The molecule has 0 saturated carbocycles. The van der Waals surface area contributed by atoms with E-state index in [4.69, 9.17) is 15.2 Å². The lowest BCUT2D eigenvalue weighted by Crippen LogP contribution is -2.03. The average Bonchev–Trinajstić information content (AvgIpc) is 2.28. The number of amides is 1. The lowest BCUT2D eigenvalue weighted by Gasteiger charge is -2.08. The van der Waals surface area contributed by atoms with Gasteiger partial charge in [0.2, 0.25) is 0 Å². The van der Waals surface area contributed by atoms with Crippen LogP contribution in [0.5, 0.6) is 11.5 Å². The zero-order valence-corrected chi connectivity index (χ0v) is 8.40. The highest BCUT2D eigenvalue weighted by Crippen LogP contribution is 2.24. The van der Waals surface area contributed by atoms with E-state index >= 15 is 0 Å². The number of rotatable bonds is 3. The van der Waals surface area contributed by atoms with Crippen molar-refractivity contribution in [3.8, 4) is 11.5 Å². The summed E-state index contributed by atoms with van der Waals surface area (Å²) >= 11 is 0. The van der Waals surface area contributed by atoms with Gasteiger partial charge in [-0.3, -0.25) is 0 Å². The first-order chi connectivity index (χ1) is 7.21. The van der Waals surface area contributed by atoms with Gasteiger partial charge in [0.15, 0.2) is 0 Å². The third-order valence-corrected chi connectivity index (χ3v) is 1.81. The van der Waals surface area contributed by atoms with Crippen LogP contribution in [0.1, 0.15) is 5.56 Å². The van der Waals surface area contributed by atoms with E-state index in [1.54, 1.807) is 18.2 Å². The van der Waals surface area contributed by atoms with Crippen molar-refractivity contribution in [1.29, 1.82) is 0 Å². The largest absolute Gasteiger partial charge is 0.496 e. The first-order valence-electron chi connectivity index (χ1n) is 4.26. The van der Waals surface area contributed by atoms with E-state index < -0.39 is 6.09 Å².